The monoisotopic (exact) mass is 383 g/mol. The third-order valence-corrected chi connectivity index (χ3v) is 4.78. The predicted octanol–water partition coefficient (Wildman–Crippen LogP) is 4.44. The lowest BCUT2D eigenvalue weighted by Gasteiger charge is -2.19. The smallest absolute Gasteiger partial charge is 0.258 e. The lowest BCUT2D eigenvalue weighted by atomic mass is 9.97. The molecule has 0 unspecified atom stereocenters. The minimum atomic E-state index is -0.116. The average molecular weight is 383 g/mol. The molecule has 0 radical (unpaired) electrons. The highest BCUT2D eigenvalue weighted by Crippen LogP contribution is 2.31. The van der Waals surface area contributed by atoms with Crippen LogP contribution in [0.15, 0.2) is 77.3 Å². The minimum Gasteiger partial charge on any atom is -0.490 e. The van der Waals surface area contributed by atoms with E-state index in [0.717, 1.165) is 17.0 Å². The van der Waals surface area contributed by atoms with Crippen LogP contribution in [0.2, 0.25) is 0 Å². The molecule has 0 fully saturated rings. The van der Waals surface area contributed by atoms with E-state index in [1.165, 1.54) is 0 Å². The number of carbonyl (C=O) groups excluding carboxylic acids is 1. The van der Waals surface area contributed by atoms with E-state index >= 15 is 0 Å². The SMILES string of the molecule is O=C(c1ccc2c(c1)NCCO2)c1ccccc1-c1nc(-c2ccccc2)no1. The van der Waals surface area contributed by atoms with Gasteiger partial charge in [-0.25, -0.2) is 0 Å². The van der Waals surface area contributed by atoms with Gasteiger partial charge in [0.25, 0.3) is 5.89 Å². The zero-order valence-corrected chi connectivity index (χ0v) is 15.5. The van der Waals surface area contributed by atoms with E-state index < -0.39 is 0 Å². The molecule has 1 N–H and O–H groups in total. The van der Waals surface area contributed by atoms with Crippen molar-refractivity contribution in [2.24, 2.45) is 0 Å². The van der Waals surface area contributed by atoms with E-state index in [0.29, 0.717) is 41.6 Å². The van der Waals surface area contributed by atoms with Gasteiger partial charge in [0.05, 0.1) is 11.3 Å². The normalized spacial score (nSPS) is 12.6. The Labute approximate surface area is 167 Å². The summed E-state index contributed by atoms with van der Waals surface area (Å²) in [5, 5.41) is 7.33. The second kappa shape index (κ2) is 7.24. The number of rotatable bonds is 4. The lowest BCUT2D eigenvalue weighted by molar-refractivity contribution is 0.103. The van der Waals surface area contributed by atoms with Gasteiger partial charge >= 0.3 is 0 Å². The van der Waals surface area contributed by atoms with Crippen LogP contribution in [0.1, 0.15) is 15.9 Å². The topological polar surface area (TPSA) is 77.2 Å². The van der Waals surface area contributed by atoms with Crippen LogP contribution >= 0.6 is 0 Å². The molecule has 0 atom stereocenters. The molecule has 0 saturated heterocycles. The molecule has 4 aromatic rings. The lowest BCUT2D eigenvalue weighted by Crippen LogP contribution is -2.18. The van der Waals surface area contributed by atoms with Crippen molar-refractivity contribution >= 4 is 11.5 Å². The second-order valence-electron chi connectivity index (χ2n) is 6.65. The van der Waals surface area contributed by atoms with Crippen LogP contribution in [0.4, 0.5) is 5.69 Å². The van der Waals surface area contributed by atoms with Gasteiger partial charge in [0.1, 0.15) is 12.4 Å². The molecule has 5 rings (SSSR count). The van der Waals surface area contributed by atoms with Gasteiger partial charge in [-0.1, -0.05) is 53.7 Å². The van der Waals surface area contributed by atoms with Crippen LogP contribution in [0.25, 0.3) is 22.8 Å². The number of nitrogens with zero attached hydrogens (tertiary/aromatic N) is 2. The highest BCUT2D eigenvalue weighted by molar-refractivity contribution is 6.13. The molecular weight excluding hydrogens is 366 g/mol. The molecule has 0 saturated carbocycles. The van der Waals surface area contributed by atoms with Gasteiger partial charge in [0, 0.05) is 23.2 Å². The largest absolute Gasteiger partial charge is 0.490 e. The first-order valence-corrected chi connectivity index (χ1v) is 9.33. The molecule has 1 aliphatic heterocycles. The molecule has 1 aromatic heterocycles. The third kappa shape index (κ3) is 3.25. The fraction of sp³-hybridized carbons (Fsp3) is 0.0870. The Morgan fingerprint density at radius 1 is 0.966 bits per heavy atom. The maximum atomic E-state index is 13.2. The Morgan fingerprint density at radius 2 is 1.79 bits per heavy atom. The summed E-state index contributed by atoms with van der Waals surface area (Å²) < 4.78 is 11.1. The first kappa shape index (κ1) is 17.2. The van der Waals surface area contributed by atoms with Crippen LogP contribution in [-0.4, -0.2) is 29.1 Å². The molecular formula is C23H17N3O3. The Kier molecular flexibility index (Phi) is 4.29. The molecule has 0 bridgehead atoms. The van der Waals surface area contributed by atoms with Gasteiger partial charge in [0.15, 0.2) is 5.78 Å². The van der Waals surface area contributed by atoms with Crippen molar-refractivity contribution in [3.8, 4) is 28.6 Å². The Bertz CT molecular complexity index is 1180. The molecule has 6 heteroatoms. The Morgan fingerprint density at radius 3 is 2.69 bits per heavy atom. The maximum Gasteiger partial charge on any atom is 0.258 e. The molecule has 3 aromatic carbocycles. The summed E-state index contributed by atoms with van der Waals surface area (Å²) in [6.45, 7) is 1.33. The fourth-order valence-electron chi connectivity index (χ4n) is 3.34. The zero-order valence-electron chi connectivity index (χ0n) is 15.5. The number of hydrogen-bond acceptors (Lipinski definition) is 6. The van der Waals surface area contributed by atoms with Crippen molar-refractivity contribution < 1.29 is 14.1 Å². The summed E-state index contributed by atoms with van der Waals surface area (Å²) >= 11 is 0. The summed E-state index contributed by atoms with van der Waals surface area (Å²) in [5.41, 5.74) is 3.36. The highest BCUT2D eigenvalue weighted by atomic mass is 16.5. The standard InChI is InChI=1S/C23H17N3O3/c27-21(16-10-11-20-19(14-16)24-12-13-28-20)17-8-4-5-9-18(17)23-25-22(26-29-23)15-6-2-1-3-7-15/h1-11,14,24H,12-13H2. The van der Waals surface area contributed by atoms with Crippen LogP contribution in [-0.2, 0) is 0 Å². The van der Waals surface area contributed by atoms with Crippen LogP contribution in [0, 0.1) is 0 Å². The van der Waals surface area contributed by atoms with E-state index in [-0.39, 0.29) is 5.78 Å². The Hall–Kier alpha value is -3.93. The number of fused-ring (bicyclic) bond motifs is 1. The number of nitrogens with one attached hydrogen (secondary N) is 1. The number of anilines is 1. The van der Waals surface area contributed by atoms with E-state index in [1.54, 1.807) is 12.1 Å². The molecule has 0 amide bonds. The molecule has 142 valence electrons. The van der Waals surface area contributed by atoms with E-state index in [4.69, 9.17) is 9.26 Å². The van der Waals surface area contributed by atoms with Crippen LogP contribution in [0.5, 0.6) is 5.75 Å². The number of carbonyl (C=O) groups is 1. The number of ketones is 1. The van der Waals surface area contributed by atoms with Gasteiger partial charge in [-0.15, -0.1) is 0 Å². The maximum absolute atomic E-state index is 13.2. The number of hydrogen-bond donors (Lipinski definition) is 1. The minimum absolute atomic E-state index is 0.116. The van der Waals surface area contributed by atoms with Gasteiger partial charge in [-0.2, -0.15) is 4.98 Å². The van der Waals surface area contributed by atoms with E-state index in [2.05, 4.69) is 15.5 Å². The van der Waals surface area contributed by atoms with E-state index in [1.807, 2.05) is 60.7 Å². The number of aromatic nitrogens is 2. The molecule has 29 heavy (non-hydrogen) atoms. The summed E-state index contributed by atoms with van der Waals surface area (Å²) in [6, 6.07) is 22.2. The van der Waals surface area contributed by atoms with Crippen molar-refractivity contribution in [1.29, 1.82) is 0 Å². The molecule has 1 aliphatic rings. The van der Waals surface area contributed by atoms with Crippen molar-refractivity contribution in [1.82, 2.24) is 10.1 Å². The van der Waals surface area contributed by atoms with Crippen molar-refractivity contribution in [2.75, 3.05) is 18.5 Å². The fourth-order valence-corrected chi connectivity index (χ4v) is 3.34. The van der Waals surface area contributed by atoms with Crippen LogP contribution in [0.3, 0.4) is 0 Å². The highest BCUT2D eigenvalue weighted by Gasteiger charge is 2.20. The first-order chi connectivity index (χ1) is 14.3. The summed E-state index contributed by atoms with van der Waals surface area (Å²) in [5.74, 6) is 1.44. The summed E-state index contributed by atoms with van der Waals surface area (Å²) in [4.78, 5) is 17.7. The number of ether oxygens (including phenoxy) is 1. The molecule has 6 nitrogen and oxygen atoms in total. The third-order valence-electron chi connectivity index (χ3n) is 4.78. The number of benzene rings is 3. The van der Waals surface area contributed by atoms with E-state index in [9.17, 15) is 4.79 Å². The van der Waals surface area contributed by atoms with Crippen molar-refractivity contribution in [3.05, 3.63) is 83.9 Å². The summed E-state index contributed by atoms with van der Waals surface area (Å²) in [6.07, 6.45) is 0. The van der Waals surface area contributed by atoms with Gasteiger partial charge in [-0.05, 0) is 24.3 Å². The molecule has 2 heterocycles. The Balaban J connectivity index is 1.52. The summed E-state index contributed by atoms with van der Waals surface area (Å²) in [7, 11) is 0. The molecule has 0 spiro atoms. The predicted molar refractivity (Wildman–Crippen MR) is 109 cm³/mol. The first-order valence-electron chi connectivity index (χ1n) is 9.33. The van der Waals surface area contributed by atoms with Crippen molar-refractivity contribution in [3.63, 3.8) is 0 Å². The second-order valence-corrected chi connectivity index (χ2v) is 6.65. The van der Waals surface area contributed by atoms with Gasteiger partial charge in [-0.3, -0.25) is 4.79 Å². The quantitative estimate of drug-likeness (QED) is 0.525. The average Bonchev–Trinajstić information content (AvgIpc) is 3.29. The molecule has 0 aliphatic carbocycles. The van der Waals surface area contributed by atoms with Crippen LogP contribution < -0.4 is 10.1 Å². The van der Waals surface area contributed by atoms with Gasteiger partial charge in [0.2, 0.25) is 5.82 Å². The van der Waals surface area contributed by atoms with Crippen molar-refractivity contribution in [2.45, 2.75) is 0 Å². The zero-order chi connectivity index (χ0) is 19.6. The van der Waals surface area contributed by atoms with Gasteiger partial charge < -0.3 is 14.6 Å².